The van der Waals surface area contributed by atoms with Gasteiger partial charge in [0.05, 0.1) is 18.8 Å². The number of alkyl halides is 1. The van der Waals surface area contributed by atoms with Crippen LogP contribution in [0.4, 0.5) is 0 Å². The molecular formula is C2H4ClNOS. The molecule has 36 valence electrons. The molecule has 0 bridgehead atoms. The molecule has 0 saturated carbocycles. The lowest BCUT2D eigenvalue weighted by molar-refractivity contribution is 0.404. The zero-order valence-corrected chi connectivity index (χ0v) is 4.55. The van der Waals surface area contributed by atoms with Gasteiger partial charge in [-0.25, -0.2) is 4.72 Å². The molecule has 0 amide bonds. The van der Waals surface area contributed by atoms with Gasteiger partial charge in [0, 0.05) is 0 Å². The predicted octanol–water partition coefficient (Wildman–Crippen LogP) is 0.734. The molecule has 0 spiro atoms. The van der Waals surface area contributed by atoms with E-state index in [1.54, 1.807) is 0 Å². The number of rotatable bonds is 0. The third-order valence-corrected chi connectivity index (χ3v) is 1.45. The molecule has 0 aromatic carbocycles. The van der Waals surface area contributed by atoms with E-state index in [9.17, 15) is 0 Å². The minimum Gasteiger partial charge on any atom is -0.298 e. The van der Waals surface area contributed by atoms with Gasteiger partial charge in [-0.1, -0.05) is 0 Å². The van der Waals surface area contributed by atoms with Crippen LogP contribution in [-0.4, -0.2) is 12.1 Å². The molecule has 1 unspecified atom stereocenters. The second-order valence-corrected chi connectivity index (χ2v) is 2.12. The van der Waals surface area contributed by atoms with Crippen molar-refractivity contribution in [1.82, 2.24) is 4.72 Å². The summed E-state index contributed by atoms with van der Waals surface area (Å²) in [6.07, 6.45) is 0. The van der Waals surface area contributed by atoms with Crippen molar-refractivity contribution < 1.29 is 4.18 Å². The van der Waals surface area contributed by atoms with E-state index in [1.807, 2.05) is 0 Å². The van der Waals surface area contributed by atoms with Crippen molar-refractivity contribution in [2.24, 2.45) is 0 Å². The van der Waals surface area contributed by atoms with Crippen LogP contribution in [-0.2, 0) is 4.18 Å². The molecule has 1 fully saturated rings. The largest absolute Gasteiger partial charge is 0.298 e. The summed E-state index contributed by atoms with van der Waals surface area (Å²) < 4.78 is 7.51. The zero-order chi connectivity index (χ0) is 4.41. The first-order chi connectivity index (χ1) is 2.89. The van der Waals surface area contributed by atoms with Gasteiger partial charge in [0.2, 0.25) is 0 Å². The highest BCUT2D eigenvalue weighted by atomic mass is 35.5. The highest BCUT2D eigenvalue weighted by Gasteiger charge is 2.10. The fourth-order valence-corrected chi connectivity index (χ4v) is 0.905. The summed E-state index contributed by atoms with van der Waals surface area (Å²) in [4.78, 5) is 0. The molecule has 1 aliphatic rings. The van der Waals surface area contributed by atoms with Crippen molar-refractivity contribution in [2.75, 3.05) is 6.61 Å². The van der Waals surface area contributed by atoms with Gasteiger partial charge in [0.25, 0.3) is 0 Å². The van der Waals surface area contributed by atoms with Crippen molar-refractivity contribution in [1.29, 1.82) is 0 Å². The van der Waals surface area contributed by atoms with Crippen molar-refractivity contribution in [2.45, 2.75) is 5.50 Å². The Morgan fingerprint density at radius 3 is 3.00 bits per heavy atom. The highest BCUT2D eigenvalue weighted by Crippen LogP contribution is 2.10. The van der Waals surface area contributed by atoms with E-state index in [0.717, 1.165) is 0 Å². The minimum absolute atomic E-state index is 0.00926. The average molecular weight is 126 g/mol. The van der Waals surface area contributed by atoms with E-state index in [-0.39, 0.29) is 5.50 Å². The minimum atomic E-state index is 0.00926. The molecule has 6 heavy (non-hydrogen) atoms. The van der Waals surface area contributed by atoms with Crippen LogP contribution in [0.5, 0.6) is 0 Å². The van der Waals surface area contributed by atoms with E-state index < -0.39 is 0 Å². The molecule has 0 aliphatic carbocycles. The molecule has 1 aliphatic heterocycles. The van der Waals surface area contributed by atoms with Gasteiger partial charge in [-0.3, -0.25) is 4.18 Å². The third-order valence-electron chi connectivity index (χ3n) is 0.449. The fraction of sp³-hybridized carbons (Fsp3) is 1.00. The molecule has 1 heterocycles. The molecule has 0 aromatic rings. The lowest BCUT2D eigenvalue weighted by Gasteiger charge is -1.86. The van der Waals surface area contributed by atoms with Gasteiger partial charge in [-0.05, 0) is 0 Å². The van der Waals surface area contributed by atoms with Gasteiger partial charge < -0.3 is 0 Å². The summed E-state index contributed by atoms with van der Waals surface area (Å²) in [5.74, 6) is 0. The predicted molar refractivity (Wildman–Crippen MR) is 26.3 cm³/mol. The van der Waals surface area contributed by atoms with Gasteiger partial charge >= 0.3 is 0 Å². The molecular weight excluding hydrogens is 122 g/mol. The zero-order valence-electron chi connectivity index (χ0n) is 2.98. The summed E-state index contributed by atoms with van der Waals surface area (Å²) in [6.45, 7) is 0.603. The quantitative estimate of drug-likeness (QED) is 0.223. The van der Waals surface area contributed by atoms with Gasteiger partial charge in [-0.15, -0.1) is 11.6 Å². The normalized spacial score (nSPS) is 34.5. The summed E-state index contributed by atoms with van der Waals surface area (Å²) in [7, 11) is 0. The van der Waals surface area contributed by atoms with Crippen LogP contribution in [0.3, 0.4) is 0 Å². The molecule has 1 saturated heterocycles. The molecule has 1 atom stereocenters. The van der Waals surface area contributed by atoms with Gasteiger partial charge in [-0.2, -0.15) is 0 Å². The summed E-state index contributed by atoms with van der Waals surface area (Å²) in [5.41, 5.74) is 0.00926. The van der Waals surface area contributed by atoms with Crippen LogP contribution in [0, 0.1) is 0 Å². The molecule has 2 nitrogen and oxygen atoms in total. The maximum absolute atomic E-state index is 5.46. The Labute approximate surface area is 45.5 Å². The molecule has 1 N–H and O–H groups in total. The first-order valence-corrected chi connectivity index (χ1v) is 2.75. The molecule has 0 radical (unpaired) electrons. The summed E-state index contributed by atoms with van der Waals surface area (Å²) >= 11 is 6.66. The van der Waals surface area contributed by atoms with E-state index in [4.69, 9.17) is 15.8 Å². The second-order valence-electron chi connectivity index (χ2n) is 0.953. The van der Waals surface area contributed by atoms with Crippen LogP contribution >= 0.6 is 23.8 Å². The molecule has 1 rings (SSSR count). The van der Waals surface area contributed by atoms with E-state index in [2.05, 4.69) is 4.72 Å². The van der Waals surface area contributed by atoms with Crippen LogP contribution < -0.4 is 4.72 Å². The van der Waals surface area contributed by atoms with Crippen LogP contribution in [0.25, 0.3) is 0 Å². The van der Waals surface area contributed by atoms with Crippen molar-refractivity contribution in [3.05, 3.63) is 0 Å². The smallest absolute Gasteiger partial charge is 0.118 e. The first kappa shape index (κ1) is 4.71. The fourth-order valence-electron chi connectivity index (χ4n) is 0.214. The lowest BCUT2D eigenvalue weighted by Crippen LogP contribution is -2.10. The van der Waals surface area contributed by atoms with Crippen molar-refractivity contribution >= 4 is 23.8 Å². The lowest BCUT2D eigenvalue weighted by atomic mass is 10.7. The van der Waals surface area contributed by atoms with E-state index in [0.29, 0.717) is 6.61 Å². The van der Waals surface area contributed by atoms with Crippen LogP contribution in [0.15, 0.2) is 0 Å². The summed E-state index contributed by atoms with van der Waals surface area (Å²) in [5, 5.41) is 0. The van der Waals surface area contributed by atoms with E-state index >= 15 is 0 Å². The molecule has 4 heteroatoms. The number of nitrogens with one attached hydrogen (secondary N) is 1. The van der Waals surface area contributed by atoms with Crippen molar-refractivity contribution in [3.63, 3.8) is 0 Å². The van der Waals surface area contributed by atoms with Crippen LogP contribution in [0.2, 0.25) is 0 Å². The van der Waals surface area contributed by atoms with E-state index in [1.165, 1.54) is 12.2 Å². The third kappa shape index (κ3) is 1.01. The van der Waals surface area contributed by atoms with Gasteiger partial charge in [0.15, 0.2) is 0 Å². The average Bonchev–Trinajstić information content (AvgIpc) is 1.86. The van der Waals surface area contributed by atoms with Crippen LogP contribution in [0.1, 0.15) is 0 Å². The second kappa shape index (κ2) is 2.02. The highest BCUT2D eigenvalue weighted by molar-refractivity contribution is 7.93. The van der Waals surface area contributed by atoms with Gasteiger partial charge in [0.1, 0.15) is 5.50 Å². The standard InChI is InChI=1S/C2H4ClNOS/c3-2-1-5-6-4-2/h2,4H,1H2. The number of hydrogen-bond donors (Lipinski definition) is 1. The SMILES string of the molecule is ClC1COSN1. The Bertz CT molecular complexity index is 46.8. The topological polar surface area (TPSA) is 21.3 Å². The monoisotopic (exact) mass is 125 g/mol. The maximum atomic E-state index is 5.46. The first-order valence-electron chi connectivity index (χ1n) is 1.57. The summed E-state index contributed by atoms with van der Waals surface area (Å²) in [6, 6.07) is 0. The maximum Gasteiger partial charge on any atom is 0.118 e. The Kier molecular flexibility index (Phi) is 1.59. The molecule has 0 aromatic heterocycles. The Morgan fingerprint density at radius 2 is 2.83 bits per heavy atom. The van der Waals surface area contributed by atoms with Crippen molar-refractivity contribution in [3.8, 4) is 0 Å². The number of hydrogen-bond acceptors (Lipinski definition) is 3. The Morgan fingerprint density at radius 1 is 2.00 bits per heavy atom. The Hall–Kier alpha value is 0.560. The Balaban J connectivity index is 2.18. The number of halogens is 1.